The maximum atomic E-state index is 13.9. The number of nitrogens with zero attached hydrogens (tertiary/aromatic N) is 1. The Kier molecular flexibility index (Phi) is 5.44. The zero-order chi connectivity index (χ0) is 17.9. The highest BCUT2D eigenvalue weighted by Crippen LogP contribution is 2.45. The molecule has 0 radical (unpaired) electrons. The molecule has 0 spiro atoms. The van der Waals surface area contributed by atoms with Crippen LogP contribution in [0.5, 0.6) is 0 Å². The van der Waals surface area contributed by atoms with Gasteiger partial charge in [-0.3, -0.25) is 4.57 Å². The summed E-state index contributed by atoms with van der Waals surface area (Å²) >= 11 is 12.1. The van der Waals surface area contributed by atoms with Gasteiger partial charge in [-0.05, 0) is 48.9 Å². The van der Waals surface area contributed by atoms with E-state index in [0.29, 0.717) is 26.4 Å². The van der Waals surface area contributed by atoms with Gasteiger partial charge in [0.15, 0.2) is 0 Å². The lowest BCUT2D eigenvalue weighted by atomic mass is 10.1. The van der Waals surface area contributed by atoms with Crippen molar-refractivity contribution in [3.05, 3.63) is 94.5 Å². The number of hydrogen-bond donors (Lipinski definition) is 0. The molecular formula is C20H16Cl2NOP. The molecule has 0 unspecified atom stereocenters. The van der Waals surface area contributed by atoms with Gasteiger partial charge in [0.05, 0.1) is 10.0 Å². The van der Waals surface area contributed by atoms with Crippen molar-refractivity contribution < 1.29 is 4.57 Å². The molecule has 0 aliphatic rings. The zero-order valence-corrected chi connectivity index (χ0v) is 16.0. The highest BCUT2D eigenvalue weighted by Gasteiger charge is 2.26. The van der Waals surface area contributed by atoms with Crippen molar-refractivity contribution in [3.8, 4) is 0 Å². The Balaban J connectivity index is 2.15. The van der Waals surface area contributed by atoms with Crippen LogP contribution in [0, 0.1) is 0 Å². The van der Waals surface area contributed by atoms with Crippen LogP contribution in [0.15, 0.2) is 83.6 Å². The van der Waals surface area contributed by atoms with Crippen molar-refractivity contribution in [2.45, 2.75) is 6.92 Å². The van der Waals surface area contributed by atoms with Gasteiger partial charge in [-0.15, -0.1) is 0 Å². The summed E-state index contributed by atoms with van der Waals surface area (Å²) in [6, 6.07) is 23.9. The van der Waals surface area contributed by atoms with Gasteiger partial charge in [-0.2, -0.15) is 0 Å². The van der Waals surface area contributed by atoms with Gasteiger partial charge in [-0.25, -0.2) is 4.76 Å². The number of benzene rings is 3. The fourth-order valence-electron chi connectivity index (χ4n) is 2.51. The lowest BCUT2D eigenvalue weighted by molar-refractivity contribution is 0.588. The Morgan fingerprint density at radius 2 is 1.32 bits per heavy atom. The zero-order valence-electron chi connectivity index (χ0n) is 13.6. The van der Waals surface area contributed by atoms with Crippen molar-refractivity contribution in [1.29, 1.82) is 0 Å². The van der Waals surface area contributed by atoms with Gasteiger partial charge in [-0.1, -0.05) is 65.7 Å². The number of rotatable bonds is 4. The molecule has 0 N–H and O–H groups in total. The summed E-state index contributed by atoms with van der Waals surface area (Å²) in [7, 11) is -3.16. The van der Waals surface area contributed by atoms with E-state index in [4.69, 9.17) is 23.2 Å². The molecule has 0 amide bonds. The van der Waals surface area contributed by atoms with Gasteiger partial charge >= 0.3 is 0 Å². The van der Waals surface area contributed by atoms with E-state index >= 15 is 0 Å². The second-order valence-corrected chi connectivity index (χ2v) is 8.76. The van der Waals surface area contributed by atoms with E-state index in [1.54, 1.807) is 12.1 Å². The lowest BCUT2D eigenvalue weighted by Crippen LogP contribution is -2.15. The molecule has 3 aromatic carbocycles. The molecule has 0 fully saturated rings. The van der Waals surface area contributed by atoms with Gasteiger partial charge in [0, 0.05) is 16.3 Å². The fourth-order valence-corrected chi connectivity index (χ4v) is 5.03. The first kappa shape index (κ1) is 17.9. The monoisotopic (exact) mass is 387 g/mol. The third-order valence-corrected chi connectivity index (χ3v) is 7.16. The van der Waals surface area contributed by atoms with Crippen molar-refractivity contribution in [2.75, 3.05) is 0 Å². The van der Waals surface area contributed by atoms with Crippen LogP contribution < -0.4 is 10.6 Å². The van der Waals surface area contributed by atoms with E-state index in [0.717, 1.165) is 5.56 Å². The van der Waals surface area contributed by atoms with E-state index < -0.39 is 7.29 Å². The number of halogens is 2. The van der Waals surface area contributed by atoms with Crippen LogP contribution in [0.3, 0.4) is 0 Å². The van der Waals surface area contributed by atoms with Crippen molar-refractivity contribution in [3.63, 3.8) is 0 Å². The minimum atomic E-state index is -3.16. The minimum absolute atomic E-state index is 0.447. The van der Waals surface area contributed by atoms with Crippen LogP contribution in [0.1, 0.15) is 12.5 Å². The second-order valence-electron chi connectivity index (χ2n) is 5.56. The molecule has 3 rings (SSSR count). The molecule has 0 saturated carbocycles. The molecule has 0 aliphatic heterocycles. The molecule has 5 heteroatoms. The maximum absolute atomic E-state index is 13.9. The molecule has 3 aromatic rings. The summed E-state index contributed by atoms with van der Waals surface area (Å²) in [5.41, 5.74) is 1.44. The molecule has 0 aliphatic carbocycles. The van der Waals surface area contributed by atoms with Crippen LogP contribution >= 0.6 is 30.5 Å². The summed E-state index contributed by atoms with van der Waals surface area (Å²) in [6.07, 6.45) is 0. The first-order valence-electron chi connectivity index (χ1n) is 7.74. The van der Waals surface area contributed by atoms with Crippen molar-refractivity contribution in [1.82, 2.24) is 0 Å². The molecule has 0 atom stereocenters. The van der Waals surface area contributed by atoms with Gasteiger partial charge in [0.1, 0.15) is 0 Å². The SMILES string of the molecule is C/C(=N\P(=O)(c1ccccc1)c1ccccc1)c1ccc(Cl)c(Cl)c1. The Morgan fingerprint density at radius 1 is 0.800 bits per heavy atom. The largest absolute Gasteiger partial charge is 0.288 e. The average molecular weight is 388 g/mol. The van der Waals surface area contributed by atoms with E-state index in [1.165, 1.54) is 0 Å². The average Bonchev–Trinajstić information content (AvgIpc) is 2.65. The Bertz CT molecular complexity index is 912. The standard InChI is InChI=1S/C20H16Cl2NOP/c1-15(16-12-13-19(21)20(22)14-16)23-25(24,17-8-4-2-5-9-17)18-10-6-3-7-11-18/h2-14H,1H3/b23-15+. The van der Waals surface area contributed by atoms with Crippen molar-refractivity contribution in [2.24, 2.45) is 4.76 Å². The van der Waals surface area contributed by atoms with Crippen LogP contribution in [0.4, 0.5) is 0 Å². The Hall–Kier alpha value is -1.86. The highest BCUT2D eigenvalue weighted by molar-refractivity contribution is 7.77. The molecule has 2 nitrogen and oxygen atoms in total. The van der Waals surface area contributed by atoms with E-state index in [9.17, 15) is 4.57 Å². The normalized spacial score (nSPS) is 12.2. The Labute approximate surface area is 157 Å². The lowest BCUT2D eigenvalue weighted by Gasteiger charge is -2.16. The topological polar surface area (TPSA) is 29.4 Å². The summed E-state index contributed by atoms with van der Waals surface area (Å²) < 4.78 is 18.6. The van der Waals surface area contributed by atoms with Crippen LogP contribution in [0.2, 0.25) is 10.0 Å². The van der Waals surface area contributed by atoms with E-state index in [2.05, 4.69) is 4.76 Å². The second kappa shape index (κ2) is 7.58. The molecule has 0 saturated heterocycles. The smallest absolute Gasteiger partial charge is 0.247 e. The van der Waals surface area contributed by atoms with Gasteiger partial charge in [0.2, 0.25) is 7.29 Å². The predicted molar refractivity (Wildman–Crippen MR) is 108 cm³/mol. The minimum Gasteiger partial charge on any atom is -0.288 e. The first-order valence-corrected chi connectivity index (χ1v) is 10.2. The van der Waals surface area contributed by atoms with Gasteiger partial charge in [0.25, 0.3) is 0 Å². The third-order valence-electron chi connectivity index (χ3n) is 3.84. The molecule has 0 bridgehead atoms. The predicted octanol–water partition coefficient (Wildman–Crippen LogP) is 5.73. The van der Waals surface area contributed by atoms with Crippen LogP contribution in [-0.4, -0.2) is 5.71 Å². The molecule has 25 heavy (non-hydrogen) atoms. The summed E-state index contributed by atoms with van der Waals surface area (Å²) in [5.74, 6) is 0. The molecule has 0 aromatic heterocycles. The fraction of sp³-hybridized carbons (Fsp3) is 0.0500. The molecule has 0 heterocycles. The summed E-state index contributed by atoms with van der Waals surface area (Å²) in [6.45, 7) is 1.83. The summed E-state index contributed by atoms with van der Waals surface area (Å²) in [4.78, 5) is 0. The van der Waals surface area contributed by atoms with Crippen LogP contribution in [0.25, 0.3) is 0 Å². The molecule has 126 valence electrons. The van der Waals surface area contributed by atoms with Gasteiger partial charge < -0.3 is 0 Å². The first-order chi connectivity index (χ1) is 12.0. The maximum Gasteiger partial charge on any atom is 0.247 e. The quantitative estimate of drug-likeness (QED) is 0.415. The van der Waals surface area contributed by atoms with E-state index in [-0.39, 0.29) is 0 Å². The third kappa shape index (κ3) is 3.88. The Morgan fingerprint density at radius 3 is 1.80 bits per heavy atom. The van der Waals surface area contributed by atoms with Crippen molar-refractivity contribution >= 4 is 46.8 Å². The van der Waals surface area contributed by atoms with Crippen LogP contribution in [-0.2, 0) is 4.57 Å². The number of hydrogen-bond acceptors (Lipinski definition) is 1. The highest BCUT2D eigenvalue weighted by atomic mass is 35.5. The molecular weight excluding hydrogens is 372 g/mol. The van der Waals surface area contributed by atoms with E-state index in [1.807, 2.05) is 73.7 Å². The summed E-state index contributed by atoms with van der Waals surface area (Å²) in [5, 5.41) is 2.32.